The fraction of sp³-hybridized carbons (Fsp3) is 0.400. The quantitative estimate of drug-likeness (QED) is 0.265. The number of fused-ring (bicyclic) bond motifs is 3. The van der Waals surface area contributed by atoms with E-state index in [0.29, 0.717) is 13.0 Å². The zero-order chi connectivity index (χ0) is 19.9. The maximum Gasteiger partial charge on any atom is 0.294 e. The van der Waals surface area contributed by atoms with Crippen molar-refractivity contribution in [3.8, 4) is 5.75 Å². The number of rotatable bonds is 11. The highest BCUT2D eigenvalue weighted by Gasteiger charge is 2.12. The summed E-state index contributed by atoms with van der Waals surface area (Å²) in [6.07, 6.45) is 0.623. The molecule has 8 nitrogen and oxygen atoms in total. The Morgan fingerprint density at radius 2 is 2.00 bits per heavy atom. The van der Waals surface area contributed by atoms with Crippen LogP contribution >= 0.6 is 0 Å². The third-order valence-electron chi connectivity index (χ3n) is 4.60. The van der Waals surface area contributed by atoms with E-state index >= 15 is 0 Å². The molecule has 150 valence electrons. The van der Waals surface area contributed by atoms with Crippen LogP contribution in [0.3, 0.4) is 0 Å². The standard InChI is InChI=1S/C20H25N3O5/c1-14(6-5-11-28-23(25)26)21-12-15(24)13-27-19-10-4-9-18-20(19)16-7-2-3-8-17(16)22-18/h2-4,7-10,14-15,21-22,24H,5-6,11-13H2,1H3. The lowest BCUT2D eigenvalue weighted by Crippen LogP contribution is -2.36. The molecule has 2 atom stereocenters. The lowest BCUT2D eigenvalue weighted by molar-refractivity contribution is -0.757. The Morgan fingerprint density at radius 1 is 1.21 bits per heavy atom. The van der Waals surface area contributed by atoms with Crippen molar-refractivity contribution in [2.75, 3.05) is 19.8 Å². The van der Waals surface area contributed by atoms with Crippen LogP contribution in [0.2, 0.25) is 0 Å². The van der Waals surface area contributed by atoms with Crippen molar-refractivity contribution < 1.29 is 19.8 Å². The summed E-state index contributed by atoms with van der Waals surface area (Å²) >= 11 is 0. The maximum absolute atomic E-state index is 10.2. The van der Waals surface area contributed by atoms with E-state index < -0.39 is 11.2 Å². The zero-order valence-corrected chi connectivity index (χ0v) is 15.8. The molecule has 0 saturated heterocycles. The molecule has 0 spiro atoms. The van der Waals surface area contributed by atoms with E-state index in [1.54, 1.807) is 0 Å². The van der Waals surface area contributed by atoms with Crippen molar-refractivity contribution in [3.63, 3.8) is 0 Å². The Balaban J connectivity index is 1.49. The van der Waals surface area contributed by atoms with Crippen molar-refractivity contribution in [1.82, 2.24) is 10.3 Å². The zero-order valence-electron chi connectivity index (χ0n) is 15.8. The first-order chi connectivity index (χ1) is 13.5. The van der Waals surface area contributed by atoms with E-state index in [1.165, 1.54) is 0 Å². The molecule has 2 aromatic carbocycles. The smallest absolute Gasteiger partial charge is 0.294 e. The first kappa shape index (κ1) is 19.9. The van der Waals surface area contributed by atoms with Gasteiger partial charge >= 0.3 is 0 Å². The second kappa shape index (κ2) is 9.38. The molecule has 0 amide bonds. The number of hydrogen-bond donors (Lipinski definition) is 3. The molecule has 1 heterocycles. The molecule has 1 aromatic heterocycles. The van der Waals surface area contributed by atoms with E-state index in [0.717, 1.165) is 34.0 Å². The SMILES string of the molecule is CC(CCCO[N+](=O)[O-])NCC(O)COc1cccc2[nH]c3ccccc3c12. The minimum atomic E-state index is -0.784. The number of nitrogens with one attached hydrogen (secondary N) is 2. The minimum Gasteiger partial charge on any atom is -0.490 e. The summed E-state index contributed by atoms with van der Waals surface area (Å²) < 4.78 is 5.90. The third kappa shape index (κ3) is 5.11. The highest BCUT2D eigenvalue weighted by Crippen LogP contribution is 2.32. The van der Waals surface area contributed by atoms with Crippen LogP contribution in [-0.4, -0.2) is 47.1 Å². The summed E-state index contributed by atoms with van der Waals surface area (Å²) in [6, 6.07) is 14.0. The summed E-state index contributed by atoms with van der Waals surface area (Å²) in [7, 11) is 0. The molecule has 0 bridgehead atoms. The van der Waals surface area contributed by atoms with Crippen LogP contribution in [0.1, 0.15) is 19.8 Å². The minimum absolute atomic E-state index is 0.0827. The molecule has 3 N–H and O–H groups in total. The Bertz CT molecular complexity index is 926. The largest absolute Gasteiger partial charge is 0.490 e. The van der Waals surface area contributed by atoms with E-state index in [-0.39, 0.29) is 19.3 Å². The second-order valence-corrected chi connectivity index (χ2v) is 6.82. The number of H-pyrrole nitrogens is 1. The molecular weight excluding hydrogens is 362 g/mol. The van der Waals surface area contributed by atoms with E-state index in [4.69, 9.17) is 4.74 Å². The normalized spacial score (nSPS) is 13.5. The highest BCUT2D eigenvalue weighted by atomic mass is 16.9. The molecule has 3 aromatic rings. The summed E-state index contributed by atoms with van der Waals surface area (Å²) in [5, 5.41) is 24.9. The van der Waals surface area contributed by atoms with Gasteiger partial charge in [-0.2, -0.15) is 0 Å². The van der Waals surface area contributed by atoms with Crippen LogP contribution < -0.4 is 10.1 Å². The fourth-order valence-corrected chi connectivity index (χ4v) is 3.20. The molecule has 8 heteroatoms. The molecule has 28 heavy (non-hydrogen) atoms. The molecule has 0 aliphatic rings. The predicted octanol–water partition coefficient (Wildman–Crippen LogP) is 3.03. The van der Waals surface area contributed by atoms with Gasteiger partial charge in [-0.05, 0) is 38.0 Å². The highest BCUT2D eigenvalue weighted by molar-refractivity contribution is 6.10. The Morgan fingerprint density at radius 3 is 2.82 bits per heavy atom. The summed E-state index contributed by atoms with van der Waals surface area (Å²) in [5.74, 6) is 0.735. The number of aromatic nitrogens is 1. The average molecular weight is 387 g/mol. The van der Waals surface area contributed by atoms with E-state index in [2.05, 4.69) is 15.1 Å². The predicted molar refractivity (Wildman–Crippen MR) is 107 cm³/mol. The van der Waals surface area contributed by atoms with Crippen LogP contribution in [0.15, 0.2) is 42.5 Å². The van der Waals surface area contributed by atoms with Crippen LogP contribution in [0, 0.1) is 10.1 Å². The van der Waals surface area contributed by atoms with Crippen LogP contribution in [0.25, 0.3) is 21.8 Å². The van der Waals surface area contributed by atoms with Crippen LogP contribution in [0.4, 0.5) is 0 Å². The van der Waals surface area contributed by atoms with Gasteiger partial charge in [-0.1, -0.05) is 24.3 Å². The Kier molecular flexibility index (Phi) is 6.67. The van der Waals surface area contributed by atoms with Gasteiger partial charge in [0.15, 0.2) is 0 Å². The fourth-order valence-electron chi connectivity index (χ4n) is 3.20. The van der Waals surface area contributed by atoms with Gasteiger partial charge < -0.3 is 25.0 Å². The number of hydrogen-bond acceptors (Lipinski definition) is 6. The molecule has 3 rings (SSSR count). The number of para-hydroxylation sites is 1. The van der Waals surface area contributed by atoms with Gasteiger partial charge in [0.1, 0.15) is 18.5 Å². The van der Waals surface area contributed by atoms with Gasteiger partial charge in [0.05, 0.1) is 12.1 Å². The first-order valence-corrected chi connectivity index (χ1v) is 9.35. The number of aliphatic hydroxyl groups excluding tert-OH is 1. The topological polar surface area (TPSA) is 110 Å². The lowest BCUT2D eigenvalue weighted by atomic mass is 10.1. The van der Waals surface area contributed by atoms with Gasteiger partial charge in [0.25, 0.3) is 5.09 Å². The summed E-state index contributed by atoms with van der Waals surface area (Å²) in [6.45, 7) is 2.59. The molecule has 0 saturated carbocycles. The average Bonchev–Trinajstić information content (AvgIpc) is 3.07. The Labute approximate surface area is 162 Å². The number of benzene rings is 2. The van der Waals surface area contributed by atoms with Crippen LogP contribution in [-0.2, 0) is 4.84 Å². The second-order valence-electron chi connectivity index (χ2n) is 6.82. The van der Waals surface area contributed by atoms with Crippen molar-refractivity contribution in [3.05, 3.63) is 52.6 Å². The van der Waals surface area contributed by atoms with E-state index in [1.807, 2.05) is 49.4 Å². The molecule has 0 aliphatic heterocycles. The molecule has 2 unspecified atom stereocenters. The van der Waals surface area contributed by atoms with Gasteiger partial charge in [0, 0.05) is 28.9 Å². The number of aliphatic hydroxyl groups is 1. The van der Waals surface area contributed by atoms with E-state index in [9.17, 15) is 15.2 Å². The maximum atomic E-state index is 10.2. The third-order valence-corrected chi connectivity index (χ3v) is 4.60. The number of aromatic amines is 1. The van der Waals surface area contributed by atoms with Gasteiger partial charge in [-0.25, -0.2) is 0 Å². The monoisotopic (exact) mass is 387 g/mol. The molecule has 0 radical (unpaired) electrons. The lowest BCUT2D eigenvalue weighted by Gasteiger charge is -2.18. The number of nitrogens with zero attached hydrogens (tertiary/aromatic N) is 1. The van der Waals surface area contributed by atoms with Crippen molar-refractivity contribution >= 4 is 21.8 Å². The summed E-state index contributed by atoms with van der Waals surface area (Å²) in [5.41, 5.74) is 2.04. The molecule has 0 aliphatic carbocycles. The van der Waals surface area contributed by atoms with Gasteiger partial charge in [-0.3, -0.25) is 0 Å². The van der Waals surface area contributed by atoms with Gasteiger partial charge in [0.2, 0.25) is 0 Å². The van der Waals surface area contributed by atoms with Gasteiger partial charge in [-0.15, -0.1) is 10.1 Å². The number of ether oxygens (including phenoxy) is 1. The first-order valence-electron chi connectivity index (χ1n) is 9.35. The van der Waals surface area contributed by atoms with Crippen molar-refractivity contribution in [1.29, 1.82) is 0 Å². The Hall–Kier alpha value is -2.84. The molecule has 0 fully saturated rings. The van der Waals surface area contributed by atoms with Crippen molar-refractivity contribution in [2.24, 2.45) is 0 Å². The molecular formula is C20H25N3O5. The van der Waals surface area contributed by atoms with Crippen LogP contribution in [0.5, 0.6) is 5.75 Å². The van der Waals surface area contributed by atoms with Crippen molar-refractivity contribution in [2.45, 2.75) is 31.9 Å². The summed E-state index contributed by atoms with van der Waals surface area (Å²) in [4.78, 5) is 17.8.